The molecule has 2 aliphatic heterocycles. The zero-order valence-electron chi connectivity index (χ0n) is 24.1. The summed E-state index contributed by atoms with van der Waals surface area (Å²) in [7, 11) is 2.91. The van der Waals surface area contributed by atoms with Gasteiger partial charge in [0.1, 0.15) is 0 Å². The van der Waals surface area contributed by atoms with E-state index in [1.54, 1.807) is 12.1 Å². The largest absolute Gasteiger partial charge is 0.502 e. The van der Waals surface area contributed by atoms with Gasteiger partial charge in [-0.05, 0) is 86.4 Å². The van der Waals surface area contributed by atoms with Gasteiger partial charge in [0.2, 0.25) is 18.4 Å². The maximum Gasteiger partial charge on any atom is 0.310 e. The summed E-state index contributed by atoms with van der Waals surface area (Å²) in [5, 5.41) is 20.3. The maximum atomic E-state index is 13.3. The number of methoxy groups -OCH3 is 2. The molecule has 0 saturated carbocycles. The molecule has 0 radical (unpaired) electrons. The number of amides is 1. The Bertz CT molecular complexity index is 1260. The number of cyclic esters (lactones) is 1. The number of esters is 1. The number of carbonyl (C=O) groups excluding carboxylic acids is 2. The van der Waals surface area contributed by atoms with Crippen molar-refractivity contribution >= 4 is 11.9 Å². The van der Waals surface area contributed by atoms with Crippen LogP contribution in [-0.2, 0) is 14.3 Å². The number of carbonyl (C=O) groups is 2. The molecule has 2 unspecified atom stereocenters. The van der Waals surface area contributed by atoms with E-state index >= 15 is 0 Å². The van der Waals surface area contributed by atoms with E-state index in [0.717, 1.165) is 43.5 Å². The van der Waals surface area contributed by atoms with Crippen molar-refractivity contribution in [2.45, 2.75) is 31.2 Å². The lowest BCUT2D eigenvalue weighted by molar-refractivity contribution is -0.141. The first-order chi connectivity index (χ1) is 20.5. The minimum atomic E-state index is -0.597. The van der Waals surface area contributed by atoms with E-state index in [0.29, 0.717) is 30.2 Å². The van der Waals surface area contributed by atoms with E-state index < -0.39 is 17.9 Å². The van der Waals surface area contributed by atoms with Crippen molar-refractivity contribution in [2.75, 3.05) is 60.3 Å². The number of aromatic hydroxyl groups is 1. The van der Waals surface area contributed by atoms with Crippen LogP contribution in [-0.4, -0.2) is 77.3 Å². The Morgan fingerprint density at radius 2 is 1.62 bits per heavy atom. The maximum absolute atomic E-state index is 13.3. The predicted molar refractivity (Wildman–Crippen MR) is 153 cm³/mol. The molecule has 12 heteroatoms. The van der Waals surface area contributed by atoms with Crippen LogP contribution in [0.1, 0.15) is 47.9 Å². The van der Waals surface area contributed by atoms with E-state index in [9.17, 15) is 14.7 Å². The summed E-state index contributed by atoms with van der Waals surface area (Å²) in [4.78, 5) is 26.4. The highest BCUT2D eigenvalue weighted by molar-refractivity contribution is 5.81. The number of hydrogen-bond acceptors (Lipinski definition) is 11. The van der Waals surface area contributed by atoms with Gasteiger partial charge in [0.15, 0.2) is 23.0 Å². The molecule has 12 nitrogen and oxygen atoms in total. The van der Waals surface area contributed by atoms with Gasteiger partial charge >= 0.3 is 5.97 Å². The number of fused-ring (bicyclic) bond motifs is 3. The van der Waals surface area contributed by atoms with Gasteiger partial charge in [0, 0.05) is 11.8 Å². The van der Waals surface area contributed by atoms with Gasteiger partial charge < -0.3 is 50.5 Å². The molecule has 228 valence electrons. The summed E-state index contributed by atoms with van der Waals surface area (Å²) in [6.07, 6.45) is 2.95. The van der Waals surface area contributed by atoms with Crippen molar-refractivity contribution in [3.05, 3.63) is 41.0 Å². The molecule has 4 atom stereocenters. The molecular weight excluding hydrogens is 544 g/mol. The van der Waals surface area contributed by atoms with E-state index in [1.807, 2.05) is 12.1 Å². The van der Waals surface area contributed by atoms with Crippen LogP contribution in [0.5, 0.6) is 28.7 Å². The zero-order valence-corrected chi connectivity index (χ0v) is 24.1. The van der Waals surface area contributed by atoms with Crippen molar-refractivity contribution in [3.8, 4) is 28.7 Å². The number of nitrogens with one attached hydrogen (secondary N) is 3. The van der Waals surface area contributed by atoms with Crippen molar-refractivity contribution < 1.29 is 38.4 Å². The Labute approximate surface area is 245 Å². The van der Waals surface area contributed by atoms with Crippen LogP contribution in [0.15, 0.2) is 24.3 Å². The quantitative estimate of drug-likeness (QED) is 0.162. The van der Waals surface area contributed by atoms with Gasteiger partial charge in [0.25, 0.3) is 0 Å². The minimum absolute atomic E-state index is 0.0848. The first-order valence-electron chi connectivity index (χ1n) is 14.4. The lowest BCUT2D eigenvalue weighted by atomic mass is 9.65. The molecule has 1 aliphatic carbocycles. The monoisotopic (exact) mass is 584 g/mol. The van der Waals surface area contributed by atoms with Crippen molar-refractivity contribution in [3.63, 3.8) is 0 Å². The fourth-order valence-electron chi connectivity index (χ4n) is 6.13. The average Bonchev–Trinajstić information content (AvgIpc) is 3.62. The third-order valence-corrected chi connectivity index (χ3v) is 8.17. The van der Waals surface area contributed by atoms with Gasteiger partial charge in [-0.1, -0.05) is 0 Å². The van der Waals surface area contributed by atoms with Crippen LogP contribution < -0.4 is 40.6 Å². The first kappa shape index (κ1) is 29.7. The van der Waals surface area contributed by atoms with Gasteiger partial charge in [-0.2, -0.15) is 0 Å². The van der Waals surface area contributed by atoms with Gasteiger partial charge in [-0.25, -0.2) is 0 Å². The fraction of sp³-hybridized carbons (Fsp3) is 0.533. The minimum Gasteiger partial charge on any atom is -0.502 e. The number of hydrogen-bond donors (Lipinski definition) is 5. The summed E-state index contributed by atoms with van der Waals surface area (Å²) >= 11 is 0. The summed E-state index contributed by atoms with van der Waals surface area (Å²) in [5.74, 6) is -0.470. The molecule has 5 rings (SSSR count). The predicted octanol–water partition coefficient (Wildman–Crippen LogP) is 1.54. The lowest BCUT2D eigenvalue weighted by Crippen LogP contribution is -2.45. The van der Waals surface area contributed by atoms with Gasteiger partial charge in [0.05, 0.1) is 39.3 Å². The smallest absolute Gasteiger partial charge is 0.310 e. The van der Waals surface area contributed by atoms with Crippen molar-refractivity contribution in [1.29, 1.82) is 0 Å². The van der Waals surface area contributed by atoms with Gasteiger partial charge in [-0.15, -0.1) is 0 Å². The van der Waals surface area contributed by atoms with Crippen LogP contribution in [0.2, 0.25) is 0 Å². The number of phenolic OH excluding ortho intramolecular Hbond substituents is 1. The fourth-order valence-corrected chi connectivity index (χ4v) is 6.13. The number of unbranched alkanes of at least 4 members (excludes halogenated alkanes) is 1. The van der Waals surface area contributed by atoms with Crippen LogP contribution in [0.25, 0.3) is 0 Å². The number of ether oxygens (including phenoxy) is 5. The second-order valence-corrected chi connectivity index (χ2v) is 10.7. The summed E-state index contributed by atoms with van der Waals surface area (Å²) in [6.45, 7) is 3.58. The number of benzene rings is 2. The normalized spacial score (nSPS) is 21.8. The van der Waals surface area contributed by atoms with Crippen LogP contribution in [0.4, 0.5) is 0 Å². The molecule has 2 aromatic rings. The second-order valence-electron chi connectivity index (χ2n) is 10.7. The summed E-state index contributed by atoms with van der Waals surface area (Å²) in [5.41, 5.74) is 7.85. The van der Waals surface area contributed by atoms with E-state index in [2.05, 4.69) is 16.0 Å². The average molecular weight is 585 g/mol. The number of phenols is 1. The molecular formula is C30H40N4O8. The number of rotatable bonds is 14. The molecule has 0 bridgehead atoms. The van der Waals surface area contributed by atoms with E-state index in [1.165, 1.54) is 14.2 Å². The first-order valence-corrected chi connectivity index (χ1v) is 14.4. The Balaban J connectivity index is 1.38. The van der Waals surface area contributed by atoms with Crippen LogP contribution in [0, 0.1) is 11.8 Å². The Hall–Kier alpha value is -3.74. The topological polar surface area (TPSA) is 163 Å². The molecule has 2 aromatic carbocycles. The van der Waals surface area contributed by atoms with E-state index in [4.69, 9.17) is 29.4 Å². The summed E-state index contributed by atoms with van der Waals surface area (Å²) < 4.78 is 27.8. The molecule has 1 amide bonds. The molecule has 42 heavy (non-hydrogen) atoms. The molecule has 6 N–H and O–H groups in total. The molecule has 0 aromatic heterocycles. The second kappa shape index (κ2) is 13.5. The third-order valence-electron chi connectivity index (χ3n) is 8.17. The molecule has 1 saturated heterocycles. The molecule has 2 heterocycles. The van der Waals surface area contributed by atoms with Gasteiger partial charge in [-0.3, -0.25) is 9.59 Å². The highest BCUT2D eigenvalue weighted by atomic mass is 16.7. The summed E-state index contributed by atoms with van der Waals surface area (Å²) in [6, 6.07) is 6.67. The molecule has 0 spiro atoms. The highest BCUT2D eigenvalue weighted by Crippen LogP contribution is 2.55. The Kier molecular flexibility index (Phi) is 9.55. The van der Waals surface area contributed by atoms with Crippen molar-refractivity contribution in [1.82, 2.24) is 16.0 Å². The van der Waals surface area contributed by atoms with Crippen LogP contribution in [0.3, 0.4) is 0 Å². The lowest BCUT2D eigenvalue weighted by Gasteiger charge is -2.39. The number of nitrogens with two attached hydrogens (primary N) is 1. The van der Waals surface area contributed by atoms with Crippen molar-refractivity contribution in [2.24, 2.45) is 17.6 Å². The zero-order chi connectivity index (χ0) is 29.6. The Morgan fingerprint density at radius 1 is 0.952 bits per heavy atom. The highest BCUT2D eigenvalue weighted by Gasteiger charge is 2.53. The Morgan fingerprint density at radius 3 is 2.31 bits per heavy atom. The van der Waals surface area contributed by atoms with Crippen LogP contribution >= 0.6 is 0 Å². The molecule has 3 aliphatic rings. The third kappa shape index (κ3) is 6.06. The standard InChI is InChI=1S/C30H40N4O8/c1-38-23-10-17(11-24(39-2)29(23)36)26-18-12-21-22(42-16-41-21)13-19(18)28(20-15-40-30(37)27(20)26)34-25(35)14-33-9-5-8-32-7-4-3-6-31/h10-13,20,26-28,32-33,36H,3-9,14-16,31H2,1-2H3,(H,34,35)/t20?,26?,27-,28+/m0/s1. The molecule has 1 fully saturated rings. The van der Waals surface area contributed by atoms with E-state index in [-0.39, 0.29) is 55.0 Å². The SMILES string of the molecule is COc1cc(C2c3cc4c(cc3[C@@H](NC(=O)CNCCCNCCCCN)C3COC(=O)[C@H]23)OCO4)cc(OC)c1O.